The maximum absolute atomic E-state index is 9.35. The number of halogens is 1. The first-order valence-corrected chi connectivity index (χ1v) is 10.0. The lowest BCUT2D eigenvalue weighted by Crippen LogP contribution is -1.97. The molecule has 1 N–H and O–H groups in total. The van der Waals surface area contributed by atoms with Crippen molar-refractivity contribution in [3.8, 4) is 11.5 Å². The van der Waals surface area contributed by atoms with E-state index in [1.807, 2.05) is 19.1 Å². The van der Waals surface area contributed by atoms with E-state index >= 15 is 0 Å². The predicted octanol–water partition coefficient (Wildman–Crippen LogP) is 5.30. The summed E-state index contributed by atoms with van der Waals surface area (Å²) in [6.45, 7) is 2.44. The van der Waals surface area contributed by atoms with Crippen molar-refractivity contribution in [2.75, 3.05) is 0 Å². The maximum atomic E-state index is 9.35. The fourth-order valence-corrected chi connectivity index (χ4v) is 4.00. The van der Waals surface area contributed by atoms with Crippen molar-refractivity contribution in [3.05, 3.63) is 41.5 Å². The Hall–Kier alpha value is -0.180. The Kier molecular flexibility index (Phi) is 5.83. The van der Waals surface area contributed by atoms with Crippen LogP contribution in [0.1, 0.15) is 11.1 Å². The van der Waals surface area contributed by atoms with Crippen LogP contribution in [0.25, 0.3) is 0 Å². The highest BCUT2D eigenvalue weighted by Gasteiger charge is 2.07. The van der Waals surface area contributed by atoms with Crippen LogP contribution in [-0.2, 0) is 6.61 Å². The summed E-state index contributed by atoms with van der Waals surface area (Å²) in [7, 11) is 1.64. The lowest BCUT2D eigenvalue weighted by Gasteiger charge is -2.12. The first-order chi connectivity index (χ1) is 9.51. The summed E-state index contributed by atoms with van der Waals surface area (Å²) in [6, 6.07) is 8.95. The Labute approximate surface area is 145 Å². The number of thiol groups is 2. The van der Waals surface area contributed by atoms with Crippen molar-refractivity contribution in [1.82, 2.24) is 0 Å². The molecule has 2 aromatic rings. The van der Waals surface area contributed by atoms with Crippen LogP contribution >= 0.6 is 55.4 Å². The molecule has 0 radical (unpaired) electrons. The molecule has 0 aromatic heterocycles. The molecule has 0 saturated carbocycles. The van der Waals surface area contributed by atoms with E-state index in [4.69, 9.17) is 4.74 Å². The van der Waals surface area contributed by atoms with Gasteiger partial charge in [0, 0.05) is 41.5 Å². The smallest absolute Gasteiger partial charge is 0.122 e. The van der Waals surface area contributed by atoms with Gasteiger partial charge in [0.2, 0.25) is 0 Å². The number of phenolic OH excluding ortho intramolecular Hbond substituents is 1. The molecule has 0 aliphatic heterocycles. The zero-order valence-corrected chi connectivity index (χ0v) is 15.4. The molecule has 20 heavy (non-hydrogen) atoms. The maximum Gasteiger partial charge on any atom is 0.122 e. The summed E-state index contributed by atoms with van der Waals surface area (Å²) in [5, 5.41) is 9.35. The van der Waals surface area contributed by atoms with Crippen molar-refractivity contribution in [2.45, 2.75) is 28.2 Å². The minimum Gasteiger partial charge on any atom is -0.508 e. The molecule has 0 aliphatic carbocycles. The number of hydrogen-bond acceptors (Lipinski definition) is 5. The Morgan fingerprint density at radius 1 is 1.20 bits per heavy atom. The fourth-order valence-electron chi connectivity index (χ4n) is 1.65. The van der Waals surface area contributed by atoms with Crippen molar-refractivity contribution >= 4 is 55.4 Å². The molecular weight excluding hydrogens is 423 g/mol. The SMILES string of the molecule is Cc1c(S)cc(OCc2ccc(O)cc2S)cc1SI. The quantitative estimate of drug-likeness (QED) is 0.449. The van der Waals surface area contributed by atoms with Crippen LogP contribution in [0.4, 0.5) is 0 Å². The molecule has 0 aliphatic rings. The van der Waals surface area contributed by atoms with Crippen molar-refractivity contribution in [3.63, 3.8) is 0 Å². The highest BCUT2D eigenvalue weighted by molar-refractivity contribution is 14.2. The molecule has 2 aromatic carbocycles. The Balaban J connectivity index is 2.16. The highest BCUT2D eigenvalue weighted by atomic mass is 127. The van der Waals surface area contributed by atoms with Gasteiger partial charge in [-0.3, -0.25) is 0 Å². The zero-order chi connectivity index (χ0) is 14.7. The van der Waals surface area contributed by atoms with Gasteiger partial charge < -0.3 is 9.84 Å². The number of ether oxygens (including phenoxy) is 1. The van der Waals surface area contributed by atoms with Gasteiger partial charge >= 0.3 is 0 Å². The van der Waals surface area contributed by atoms with Gasteiger partial charge in [-0.2, -0.15) is 0 Å². The van der Waals surface area contributed by atoms with E-state index in [1.165, 1.54) is 0 Å². The summed E-state index contributed by atoms with van der Waals surface area (Å²) in [5.74, 6) is 0.982. The van der Waals surface area contributed by atoms with E-state index in [0.717, 1.165) is 26.7 Å². The summed E-state index contributed by atoms with van der Waals surface area (Å²) in [4.78, 5) is 2.77. The lowest BCUT2D eigenvalue weighted by molar-refractivity contribution is 0.301. The molecule has 0 amide bonds. The van der Waals surface area contributed by atoms with Gasteiger partial charge in [-0.1, -0.05) is 15.0 Å². The first-order valence-electron chi connectivity index (χ1n) is 5.77. The van der Waals surface area contributed by atoms with Crippen LogP contribution in [0.15, 0.2) is 45.0 Å². The number of benzene rings is 2. The van der Waals surface area contributed by atoms with Gasteiger partial charge in [-0.25, -0.2) is 0 Å². The molecule has 106 valence electrons. The van der Waals surface area contributed by atoms with Crippen LogP contribution < -0.4 is 4.74 Å². The van der Waals surface area contributed by atoms with E-state index in [-0.39, 0.29) is 5.75 Å². The van der Waals surface area contributed by atoms with Crippen LogP contribution in [-0.4, -0.2) is 5.11 Å². The minimum absolute atomic E-state index is 0.204. The van der Waals surface area contributed by atoms with E-state index in [0.29, 0.717) is 11.5 Å². The van der Waals surface area contributed by atoms with Crippen LogP contribution in [0.3, 0.4) is 0 Å². The topological polar surface area (TPSA) is 29.5 Å². The van der Waals surface area contributed by atoms with Crippen molar-refractivity contribution < 1.29 is 9.84 Å². The molecule has 0 saturated heterocycles. The largest absolute Gasteiger partial charge is 0.508 e. The van der Waals surface area contributed by atoms with Crippen molar-refractivity contribution in [1.29, 1.82) is 0 Å². The molecule has 6 heteroatoms. The third-order valence-electron chi connectivity index (χ3n) is 2.85. The molecule has 0 bridgehead atoms. The Bertz CT molecular complexity index is 632. The molecule has 2 nitrogen and oxygen atoms in total. The second-order valence-corrected chi connectivity index (χ2v) is 7.12. The number of hydrogen-bond donors (Lipinski definition) is 3. The van der Waals surface area contributed by atoms with Crippen molar-refractivity contribution in [2.24, 2.45) is 0 Å². The average molecular weight is 436 g/mol. The number of rotatable bonds is 4. The van der Waals surface area contributed by atoms with Gasteiger partial charge in [-0.15, -0.1) is 25.3 Å². The minimum atomic E-state index is 0.204. The van der Waals surface area contributed by atoms with E-state index in [9.17, 15) is 5.11 Å². The standard InChI is InChI=1S/C14H13IO2S3/c1-8-12(18)5-11(6-14(8)20-15)17-7-9-2-3-10(16)4-13(9)19/h2-6,16,18-19H,7H2,1H3. The first kappa shape index (κ1) is 16.2. The predicted molar refractivity (Wildman–Crippen MR) is 98.0 cm³/mol. The van der Waals surface area contributed by atoms with E-state index < -0.39 is 0 Å². The number of aromatic hydroxyl groups is 1. The second-order valence-electron chi connectivity index (χ2n) is 4.24. The number of phenols is 1. The van der Waals surface area contributed by atoms with Crippen LogP contribution in [0, 0.1) is 6.92 Å². The average Bonchev–Trinajstić information content (AvgIpc) is 2.41. The van der Waals surface area contributed by atoms with E-state index in [1.54, 1.807) is 27.1 Å². The molecule has 2 rings (SSSR count). The molecule has 0 unspecified atom stereocenters. The monoisotopic (exact) mass is 436 g/mol. The van der Waals surface area contributed by atoms with Gasteiger partial charge in [0.25, 0.3) is 0 Å². The summed E-state index contributed by atoms with van der Waals surface area (Å²) in [6.07, 6.45) is 0. The van der Waals surface area contributed by atoms with Gasteiger partial charge in [0.1, 0.15) is 18.1 Å². The molecule has 0 atom stereocenters. The molecule has 0 spiro atoms. The van der Waals surface area contributed by atoms with Gasteiger partial charge in [0.15, 0.2) is 0 Å². The van der Waals surface area contributed by atoms with Gasteiger partial charge in [-0.05, 0) is 36.8 Å². The normalized spacial score (nSPS) is 10.6. The van der Waals surface area contributed by atoms with E-state index in [2.05, 4.69) is 46.5 Å². The summed E-state index contributed by atoms with van der Waals surface area (Å²) < 4.78 is 5.79. The van der Waals surface area contributed by atoms with Crippen LogP contribution in [0.2, 0.25) is 0 Å². The Morgan fingerprint density at radius 3 is 2.60 bits per heavy atom. The molecule has 0 fully saturated rings. The molecular formula is C14H13IO2S3. The van der Waals surface area contributed by atoms with Crippen LogP contribution in [0.5, 0.6) is 11.5 Å². The van der Waals surface area contributed by atoms with Gasteiger partial charge in [0.05, 0.1) is 0 Å². The lowest BCUT2D eigenvalue weighted by atomic mass is 10.2. The summed E-state index contributed by atoms with van der Waals surface area (Å²) in [5.41, 5.74) is 2.08. The third kappa shape index (κ3) is 3.93. The third-order valence-corrected chi connectivity index (χ3v) is 5.75. The second kappa shape index (κ2) is 7.20. The zero-order valence-electron chi connectivity index (χ0n) is 10.6. The highest BCUT2D eigenvalue weighted by Crippen LogP contribution is 2.35. The fraction of sp³-hybridized carbons (Fsp3) is 0.143. The molecule has 0 heterocycles. The summed E-state index contributed by atoms with van der Waals surface area (Å²) >= 11 is 11.0. The Morgan fingerprint density at radius 2 is 1.95 bits per heavy atom.